The number of rotatable bonds is 6. The maximum Gasteiger partial charge on any atom is 0.0366 e. The Morgan fingerprint density at radius 1 is 1.00 bits per heavy atom. The van der Waals surface area contributed by atoms with Gasteiger partial charge in [-0.1, -0.05) is 25.2 Å². The van der Waals surface area contributed by atoms with Crippen LogP contribution >= 0.6 is 0 Å². The van der Waals surface area contributed by atoms with E-state index in [1.54, 1.807) is 0 Å². The maximum absolute atomic E-state index is 4.01. The van der Waals surface area contributed by atoms with E-state index >= 15 is 0 Å². The Bertz CT molecular complexity index is 350. The van der Waals surface area contributed by atoms with Gasteiger partial charge in [0, 0.05) is 12.2 Å². The van der Waals surface area contributed by atoms with E-state index in [9.17, 15) is 0 Å². The van der Waals surface area contributed by atoms with Crippen molar-refractivity contribution in [1.82, 2.24) is 5.32 Å². The highest BCUT2D eigenvalue weighted by molar-refractivity contribution is 5.38. The zero-order valence-corrected chi connectivity index (χ0v) is 12.3. The summed E-state index contributed by atoms with van der Waals surface area (Å²) in [5, 5.41) is 3.41. The highest BCUT2D eigenvalue weighted by Gasteiger charge is 1.98. The minimum absolute atomic E-state index is 0.994. The van der Waals surface area contributed by atoms with Gasteiger partial charge in [-0.05, 0) is 63.8 Å². The summed E-state index contributed by atoms with van der Waals surface area (Å²) in [7, 11) is 0. The summed E-state index contributed by atoms with van der Waals surface area (Å²) in [6.07, 6.45) is 5.52. The summed E-state index contributed by atoms with van der Waals surface area (Å²) >= 11 is 0. The lowest BCUT2D eigenvalue weighted by molar-refractivity contribution is 0.775. The SMILES string of the molecule is C=C(C)/C(=C\C(C)=C(/C)C=C(C)C)NCCC. The first-order chi connectivity index (χ1) is 7.88. The van der Waals surface area contributed by atoms with Crippen LogP contribution in [-0.4, -0.2) is 6.54 Å². The summed E-state index contributed by atoms with van der Waals surface area (Å²) in [6, 6.07) is 0. The predicted octanol–water partition coefficient (Wildman–Crippen LogP) is 4.75. The lowest BCUT2D eigenvalue weighted by Crippen LogP contribution is -2.14. The Balaban J connectivity index is 5.04. The minimum Gasteiger partial charge on any atom is -0.385 e. The summed E-state index contributed by atoms with van der Waals surface area (Å²) < 4.78 is 0. The number of hydrogen-bond acceptors (Lipinski definition) is 1. The van der Waals surface area contributed by atoms with Crippen LogP contribution in [-0.2, 0) is 0 Å². The van der Waals surface area contributed by atoms with Crippen LogP contribution in [0.4, 0.5) is 0 Å². The smallest absolute Gasteiger partial charge is 0.0366 e. The highest BCUT2D eigenvalue weighted by Crippen LogP contribution is 2.13. The van der Waals surface area contributed by atoms with Crippen molar-refractivity contribution in [3.05, 3.63) is 46.7 Å². The molecule has 0 heterocycles. The first-order valence-electron chi connectivity index (χ1n) is 6.32. The molecule has 0 spiro atoms. The van der Waals surface area contributed by atoms with E-state index in [0.29, 0.717) is 0 Å². The van der Waals surface area contributed by atoms with Crippen LogP contribution in [0.2, 0.25) is 0 Å². The van der Waals surface area contributed by atoms with Gasteiger partial charge in [-0.15, -0.1) is 0 Å². The van der Waals surface area contributed by atoms with E-state index in [0.717, 1.165) is 24.2 Å². The van der Waals surface area contributed by atoms with Gasteiger partial charge in [-0.3, -0.25) is 0 Å². The second-order valence-corrected chi connectivity index (χ2v) is 4.85. The Kier molecular flexibility index (Phi) is 7.36. The van der Waals surface area contributed by atoms with Crippen LogP contribution in [0, 0.1) is 0 Å². The molecule has 1 heteroatoms. The van der Waals surface area contributed by atoms with Crippen LogP contribution in [0.25, 0.3) is 0 Å². The molecule has 0 bridgehead atoms. The summed E-state index contributed by atoms with van der Waals surface area (Å²) in [5.41, 5.74) is 6.15. The fourth-order valence-electron chi connectivity index (χ4n) is 1.46. The minimum atomic E-state index is 0.994. The van der Waals surface area contributed by atoms with Crippen molar-refractivity contribution in [2.45, 2.75) is 48.0 Å². The van der Waals surface area contributed by atoms with Gasteiger partial charge >= 0.3 is 0 Å². The van der Waals surface area contributed by atoms with Crippen molar-refractivity contribution in [2.75, 3.05) is 6.54 Å². The Morgan fingerprint density at radius 3 is 1.94 bits per heavy atom. The fraction of sp³-hybridized carbons (Fsp3) is 0.500. The Labute approximate surface area is 107 Å². The fourth-order valence-corrected chi connectivity index (χ4v) is 1.46. The van der Waals surface area contributed by atoms with E-state index in [-0.39, 0.29) is 0 Å². The van der Waals surface area contributed by atoms with Crippen molar-refractivity contribution in [1.29, 1.82) is 0 Å². The molecular weight excluding hydrogens is 206 g/mol. The van der Waals surface area contributed by atoms with E-state index in [4.69, 9.17) is 0 Å². The molecule has 1 nitrogen and oxygen atoms in total. The van der Waals surface area contributed by atoms with E-state index in [2.05, 4.69) is 58.7 Å². The Hall–Kier alpha value is -1.24. The van der Waals surface area contributed by atoms with Crippen molar-refractivity contribution in [3.63, 3.8) is 0 Å². The molecule has 0 aromatic carbocycles. The molecule has 96 valence electrons. The van der Waals surface area contributed by atoms with E-state index in [1.807, 2.05) is 6.92 Å². The maximum atomic E-state index is 4.01. The van der Waals surface area contributed by atoms with Crippen molar-refractivity contribution < 1.29 is 0 Å². The van der Waals surface area contributed by atoms with Gasteiger partial charge in [-0.2, -0.15) is 0 Å². The highest BCUT2D eigenvalue weighted by atomic mass is 14.9. The zero-order valence-electron chi connectivity index (χ0n) is 12.3. The molecule has 0 aromatic heterocycles. The number of hydrogen-bond donors (Lipinski definition) is 1. The molecule has 17 heavy (non-hydrogen) atoms. The lowest BCUT2D eigenvalue weighted by Gasteiger charge is -2.11. The van der Waals surface area contributed by atoms with Crippen LogP contribution < -0.4 is 5.32 Å². The third kappa shape index (κ3) is 6.83. The third-order valence-corrected chi connectivity index (χ3v) is 2.51. The molecule has 0 atom stereocenters. The van der Waals surface area contributed by atoms with Gasteiger partial charge in [0.05, 0.1) is 0 Å². The molecule has 0 saturated heterocycles. The lowest BCUT2D eigenvalue weighted by atomic mass is 10.1. The summed E-state index contributed by atoms with van der Waals surface area (Å²) in [4.78, 5) is 0. The normalized spacial score (nSPS) is 12.9. The summed E-state index contributed by atoms with van der Waals surface area (Å²) in [6.45, 7) is 17.7. The zero-order chi connectivity index (χ0) is 13.4. The predicted molar refractivity (Wildman–Crippen MR) is 79.0 cm³/mol. The quantitative estimate of drug-likeness (QED) is 0.653. The average molecular weight is 233 g/mol. The second kappa shape index (κ2) is 7.94. The van der Waals surface area contributed by atoms with Gasteiger partial charge < -0.3 is 5.32 Å². The van der Waals surface area contributed by atoms with Crippen LogP contribution in [0.1, 0.15) is 48.0 Å². The van der Waals surface area contributed by atoms with Crippen molar-refractivity contribution >= 4 is 0 Å². The van der Waals surface area contributed by atoms with Crippen LogP contribution in [0.5, 0.6) is 0 Å². The topological polar surface area (TPSA) is 12.0 Å². The monoisotopic (exact) mass is 233 g/mol. The molecule has 0 unspecified atom stereocenters. The van der Waals surface area contributed by atoms with Gasteiger partial charge in [0.2, 0.25) is 0 Å². The number of nitrogens with one attached hydrogen (secondary N) is 1. The first kappa shape index (κ1) is 15.8. The first-order valence-corrected chi connectivity index (χ1v) is 6.32. The van der Waals surface area contributed by atoms with Crippen LogP contribution in [0.3, 0.4) is 0 Å². The molecule has 1 N–H and O–H groups in total. The molecule has 0 rings (SSSR count). The molecule has 0 aliphatic heterocycles. The molecule has 0 aromatic rings. The average Bonchev–Trinajstić information content (AvgIpc) is 2.22. The van der Waals surface area contributed by atoms with Crippen molar-refractivity contribution in [3.8, 4) is 0 Å². The standard InChI is InChI=1S/C16H27N/c1-8-9-17-16(13(4)5)11-15(7)14(6)10-12(2)3/h10-11,17H,4,8-9H2,1-3,5-7H3/b15-14+,16-11+. The molecule has 0 radical (unpaired) electrons. The molecular formula is C16H27N. The van der Waals surface area contributed by atoms with Gasteiger partial charge in [0.25, 0.3) is 0 Å². The Morgan fingerprint density at radius 2 is 1.53 bits per heavy atom. The van der Waals surface area contributed by atoms with Crippen molar-refractivity contribution in [2.24, 2.45) is 0 Å². The third-order valence-electron chi connectivity index (χ3n) is 2.51. The van der Waals surface area contributed by atoms with Crippen LogP contribution in [0.15, 0.2) is 46.7 Å². The van der Waals surface area contributed by atoms with E-state index < -0.39 is 0 Å². The van der Waals surface area contributed by atoms with Gasteiger partial charge in [0.15, 0.2) is 0 Å². The van der Waals surface area contributed by atoms with Gasteiger partial charge in [0.1, 0.15) is 0 Å². The largest absolute Gasteiger partial charge is 0.385 e. The molecule has 0 aliphatic carbocycles. The molecule has 0 fully saturated rings. The summed E-state index contributed by atoms with van der Waals surface area (Å²) in [5.74, 6) is 0. The second-order valence-electron chi connectivity index (χ2n) is 4.85. The van der Waals surface area contributed by atoms with E-state index in [1.165, 1.54) is 16.7 Å². The van der Waals surface area contributed by atoms with Gasteiger partial charge in [-0.25, -0.2) is 0 Å². The molecule has 0 saturated carbocycles. The molecule has 0 aliphatic rings. The number of allylic oxidation sites excluding steroid dienone is 6. The molecule has 0 amide bonds.